The Bertz CT molecular complexity index is 1020. The van der Waals surface area contributed by atoms with Gasteiger partial charge in [0.25, 0.3) is 0 Å². The molecule has 0 saturated carbocycles. The van der Waals surface area contributed by atoms with E-state index >= 15 is 0 Å². The smallest absolute Gasteiger partial charge is 0.123 e. The van der Waals surface area contributed by atoms with Crippen molar-refractivity contribution in [2.75, 3.05) is 5.73 Å². The Hall–Kier alpha value is -2.72. The first-order chi connectivity index (χ1) is 11.0. The van der Waals surface area contributed by atoms with Crippen molar-refractivity contribution in [2.45, 2.75) is 18.9 Å². The third kappa shape index (κ3) is 2.47. The number of benzene rings is 1. The summed E-state index contributed by atoms with van der Waals surface area (Å²) in [5.41, 5.74) is 7.69. The second-order valence-electron chi connectivity index (χ2n) is 6.24. The summed E-state index contributed by atoms with van der Waals surface area (Å²) in [7, 11) is 0. The van der Waals surface area contributed by atoms with Gasteiger partial charge >= 0.3 is 0 Å². The molecule has 3 aromatic rings. The normalized spacial score (nSPS) is 20.2. The molecule has 0 spiro atoms. The molecule has 114 valence electrons. The third-order valence-electron chi connectivity index (χ3n) is 4.20. The Labute approximate surface area is 133 Å². The highest BCUT2D eigenvalue weighted by Crippen LogP contribution is 2.25. The van der Waals surface area contributed by atoms with Crippen molar-refractivity contribution in [3.63, 3.8) is 0 Å². The maximum absolute atomic E-state index is 10.6. The quantitative estimate of drug-likeness (QED) is 0.712. The van der Waals surface area contributed by atoms with Crippen molar-refractivity contribution < 1.29 is 5.11 Å². The van der Waals surface area contributed by atoms with Gasteiger partial charge in [-0.2, -0.15) is 0 Å². The first-order valence-corrected chi connectivity index (χ1v) is 7.58. The number of anilines is 1. The molecule has 4 rings (SSSR count). The second-order valence-corrected chi connectivity index (χ2v) is 6.24. The van der Waals surface area contributed by atoms with Crippen LogP contribution in [-0.4, -0.2) is 20.7 Å². The lowest BCUT2D eigenvalue weighted by Crippen LogP contribution is -2.41. The average Bonchev–Trinajstić information content (AvgIpc) is 2.52. The average molecular weight is 303 g/mol. The highest BCUT2D eigenvalue weighted by Gasteiger charge is 2.25. The lowest BCUT2D eigenvalue weighted by Gasteiger charge is -2.24. The van der Waals surface area contributed by atoms with Crippen molar-refractivity contribution in [1.29, 1.82) is 0 Å². The minimum absolute atomic E-state index is 0.486. The molecule has 2 aromatic heterocycles. The Kier molecular flexibility index (Phi) is 2.96. The van der Waals surface area contributed by atoms with Gasteiger partial charge in [-0.15, -0.1) is 0 Å². The zero-order valence-electron chi connectivity index (χ0n) is 12.8. The van der Waals surface area contributed by atoms with E-state index in [-0.39, 0.29) is 0 Å². The standard InChI is InChI=1S/C19H17N3O/c1-19(23)9-15(13-6-7-18(20)21-11-13)14-8-12-4-2-3-5-16(12)22-17(14)10-19/h2-8,10-11,23H,9H2,1H3,(H2,20,21). The fourth-order valence-electron chi connectivity index (χ4n) is 3.12. The highest BCUT2D eigenvalue weighted by molar-refractivity contribution is 5.81. The lowest BCUT2D eigenvalue weighted by atomic mass is 9.87. The summed E-state index contributed by atoms with van der Waals surface area (Å²) in [5, 5.41) is 13.6. The molecular weight excluding hydrogens is 286 g/mol. The molecule has 0 aliphatic heterocycles. The zero-order chi connectivity index (χ0) is 16.0. The zero-order valence-corrected chi connectivity index (χ0v) is 12.8. The van der Waals surface area contributed by atoms with Crippen LogP contribution in [0.2, 0.25) is 0 Å². The summed E-state index contributed by atoms with van der Waals surface area (Å²) in [4.78, 5) is 8.91. The van der Waals surface area contributed by atoms with Crippen molar-refractivity contribution in [2.24, 2.45) is 0 Å². The molecule has 1 unspecified atom stereocenters. The monoisotopic (exact) mass is 303 g/mol. The molecular formula is C19H17N3O. The van der Waals surface area contributed by atoms with Crippen LogP contribution in [-0.2, 0) is 0 Å². The number of aromatic nitrogens is 2. The number of pyridine rings is 2. The Balaban J connectivity index is 2.10. The van der Waals surface area contributed by atoms with E-state index in [9.17, 15) is 5.11 Å². The van der Waals surface area contributed by atoms with Crippen LogP contribution < -0.4 is 16.3 Å². The summed E-state index contributed by atoms with van der Waals surface area (Å²) in [6.45, 7) is 1.80. The van der Waals surface area contributed by atoms with Gasteiger partial charge in [-0.3, -0.25) is 0 Å². The molecule has 2 heterocycles. The SMILES string of the molecule is CC1(O)C=c2nc3ccccc3cc2=C(c2ccc(N)nc2)C1. The van der Waals surface area contributed by atoms with Gasteiger partial charge in [0, 0.05) is 23.2 Å². The molecule has 0 saturated heterocycles. The predicted molar refractivity (Wildman–Crippen MR) is 91.9 cm³/mol. The highest BCUT2D eigenvalue weighted by atomic mass is 16.3. The number of aliphatic hydroxyl groups is 1. The molecule has 4 heteroatoms. The molecule has 1 aromatic carbocycles. The molecule has 4 nitrogen and oxygen atoms in total. The fourth-order valence-corrected chi connectivity index (χ4v) is 3.12. The van der Waals surface area contributed by atoms with Crippen molar-refractivity contribution in [3.05, 3.63) is 64.8 Å². The minimum atomic E-state index is -0.931. The van der Waals surface area contributed by atoms with Gasteiger partial charge in [0.15, 0.2) is 0 Å². The van der Waals surface area contributed by atoms with Crippen LogP contribution in [0.15, 0.2) is 48.7 Å². The van der Waals surface area contributed by atoms with E-state index in [1.54, 1.807) is 19.2 Å². The first-order valence-electron chi connectivity index (χ1n) is 7.58. The third-order valence-corrected chi connectivity index (χ3v) is 4.20. The van der Waals surface area contributed by atoms with E-state index in [2.05, 4.69) is 11.1 Å². The van der Waals surface area contributed by atoms with Crippen molar-refractivity contribution >= 4 is 28.4 Å². The number of rotatable bonds is 1. The van der Waals surface area contributed by atoms with Gasteiger partial charge in [-0.05, 0) is 48.4 Å². The fraction of sp³-hybridized carbons (Fsp3) is 0.158. The van der Waals surface area contributed by atoms with E-state index in [1.165, 1.54) is 0 Å². The van der Waals surface area contributed by atoms with Crippen LogP contribution in [0.25, 0.3) is 22.6 Å². The van der Waals surface area contributed by atoms with Gasteiger partial charge < -0.3 is 10.8 Å². The molecule has 1 atom stereocenters. The second kappa shape index (κ2) is 4.89. The van der Waals surface area contributed by atoms with E-state index in [1.807, 2.05) is 36.4 Å². The van der Waals surface area contributed by atoms with Crippen LogP contribution >= 0.6 is 0 Å². The van der Waals surface area contributed by atoms with Crippen LogP contribution in [0, 0.1) is 0 Å². The first kappa shape index (κ1) is 13.9. The molecule has 3 N–H and O–H groups in total. The summed E-state index contributed by atoms with van der Waals surface area (Å²) >= 11 is 0. The number of nitrogen functional groups attached to an aromatic ring is 1. The number of hydrogen-bond donors (Lipinski definition) is 2. The molecule has 1 aliphatic rings. The molecule has 0 fully saturated rings. The summed E-state index contributed by atoms with van der Waals surface area (Å²) in [5.74, 6) is 0.486. The van der Waals surface area contributed by atoms with Gasteiger partial charge in [0.2, 0.25) is 0 Å². The Morgan fingerprint density at radius 3 is 2.78 bits per heavy atom. The molecule has 23 heavy (non-hydrogen) atoms. The predicted octanol–water partition coefficient (Wildman–Crippen LogP) is 1.35. The van der Waals surface area contributed by atoms with Crippen molar-refractivity contribution in [3.8, 4) is 0 Å². The molecule has 1 aliphatic carbocycles. The number of hydrogen-bond acceptors (Lipinski definition) is 4. The topological polar surface area (TPSA) is 72.0 Å². The number of nitrogens with two attached hydrogens (primary N) is 1. The largest absolute Gasteiger partial charge is 0.386 e. The Morgan fingerprint density at radius 1 is 1.17 bits per heavy atom. The van der Waals surface area contributed by atoms with Gasteiger partial charge in [0.05, 0.1) is 16.5 Å². The maximum atomic E-state index is 10.6. The lowest BCUT2D eigenvalue weighted by molar-refractivity contribution is 0.133. The molecule has 0 amide bonds. The van der Waals surface area contributed by atoms with Crippen LogP contribution in [0.3, 0.4) is 0 Å². The van der Waals surface area contributed by atoms with Crippen LogP contribution in [0.4, 0.5) is 5.82 Å². The summed E-state index contributed by atoms with van der Waals surface area (Å²) < 4.78 is 0. The van der Waals surface area contributed by atoms with Crippen molar-refractivity contribution in [1.82, 2.24) is 9.97 Å². The van der Waals surface area contributed by atoms with E-state index in [0.717, 1.165) is 32.6 Å². The number of fused-ring (bicyclic) bond motifs is 2. The van der Waals surface area contributed by atoms with Crippen LogP contribution in [0.1, 0.15) is 18.9 Å². The van der Waals surface area contributed by atoms with E-state index in [4.69, 9.17) is 10.7 Å². The molecule has 0 bridgehead atoms. The van der Waals surface area contributed by atoms with Crippen LogP contribution in [0.5, 0.6) is 0 Å². The van der Waals surface area contributed by atoms with Gasteiger partial charge in [-0.1, -0.05) is 18.2 Å². The van der Waals surface area contributed by atoms with Gasteiger partial charge in [0.1, 0.15) is 5.82 Å². The molecule has 0 radical (unpaired) electrons. The summed E-state index contributed by atoms with van der Waals surface area (Å²) in [6, 6.07) is 13.9. The van der Waals surface area contributed by atoms with E-state index in [0.29, 0.717) is 12.2 Å². The number of para-hydroxylation sites is 1. The van der Waals surface area contributed by atoms with Gasteiger partial charge in [-0.25, -0.2) is 9.97 Å². The summed E-state index contributed by atoms with van der Waals surface area (Å²) in [6.07, 6.45) is 4.11. The Morgan fingerprint density at radius 2 is 2.00 bits per heavy atom. The maximum Gasteiger partial charge on any atom is 0.123 e. The minimum Gasteiger partial charge on any atom is -0.386 e. The number of nitrogens with zero attached hydrogens (tertiary/aromatic N) is 2. The van der Waals surface area contributed by atoms with E-state index < -0.39 is 5.60 Å².